The first-order chi connectivity index (χ1) is 5.39. The molecular formula is C5H3Cl2NO3S. The van der Waals surface area contributed by atoms with Crippen LogP contribution >= 0.6 is 22.3 Å². The van der Waals surface area contributed by atoms with Crippen LogP contribution in [0.4, 0.5) is 0 Å². The molecule has 0 saturated carbocycles. The van der Waals surface area contributed by atoms with E-state index in [1.165, 1.54) is 0 Å². The molecule has 0 amide bonds. The Morgan fingerprint density at radius 1 is 1.33 bits per heavy atom. The molecule has 0 bridgehead atoms. The Morgan fingerprint density at radius 3 is 2.33 bits per heavy atom. The van der Waals surface area contributed by atoms with Gasteiger partial charge in [-0.3, -0.25) is 4.79 Å². The molecule has 1 aromatic rings. The lowest BCUT2D eigenvalue weighted by molar-refractivity contribution is 0.606. The third-order valence-corrected chi connectivity index (χ3v) is 2.50. The molecule has 0 atom stereocenters. The number of halogens is 2. The lowest BCUT2D eigenvalue weighted by Crippen LogP contribution is -2.04. The second kappa shape index (κ2) is 3.08. The van der Waals surface area contributed by atoms with Crippen LogP contribution in [0, 0.1) is 0 Å². The molecule has 66 valence electrons. The van der Waals surface area contributed by atoms with Crippen LogP contribution in [0.25, 0.3) is 0 Å². The zero-order valence-electron chi connectivity index (χ0n) is 5.54. The Labute approximate surface area is 77.5 Å². The maximum absolute atomic E-state index is 10.7. The smallest absolute Gasteiger partial charge is 0.276 e. The minimum Gasteiger partial charge on any atom is -0.335 e. The predicted molar refractivity (Wildman–Crippen MR) is 45.1 cm³/mol. The highest BCUT2D eigenvalue weighted by Crippen LogP contribution is 2.11. The van der Waals surface area contributed by atoms with Gasteiger partial charge in [0.15, 0.2) is 10.5 Å². The van der Waals surface area contributed by atoms with Gasteiger partial charge in [0.25, 0.3) is 9.05 Å². The fraction of sp³-hybridized carbons (Fsp3) is 0. The molecular weight excluding hydrogens is 225 g/mol. The summed E-state index contributed by atoms with van der Waals surface area (Å²) in [6.07, 6.45) is 0. The average molecular weight is 228 g/mol. The van der Waals surface area contributed by atoms with Crippen LogP contribution in [0.3, 0.4) is 0 Å². The molecule has 0 spiro atoms. The summed E-state index contributed by atoms with van der Waals surface area (Å²) in [6.45, 7) is 0. The number of pyridine rings is 1. The van der Waals surface area contributed by atoms with E-state index in [1.54, 1.807) is 0 Å². The number of aromatic nitrogens is 1. The first-order valence-corrected chi connectivity index (χ1v) is 5.43. The Balaban J connectivity index is 3.48. The van der Waals surface area contributed by atoms with Crippen molar-refractivity contribution in [2.24, 2.45) is 0 Å². The van der Waals surface area contributed by atoms with Crippen LogP contribution in [0.5, 0.6) is 0 Å². The van der Waals surface area contributed by atoms with Gasteiger partial charge in [0, 0.05) is 22.8 Å². The number of hydrogen-bond donors (Lipinski definition) is 1. The molecule has 0 unspecified atom stereocenters. The van der Waals surface area contributed by atoms with Gasteiger partial charge in [-0.1, -0.05) is 11.6 Å². The molecule has 0 radical (unpaired) electrons. The van der Waals surface area contributed by atoms with Gasteiger partial charge in [-0.15, -0.1) is 0 Å². The summed E-state index contributed by atoms with van der Waals surface area (Å²) in [5, 5.41) is -0.469. The topological polar surface area (TPSA) is 67.0 Å². The second-order valence-electron chi connectivity index (χ2n) is 1.97. The van der Waals surface area contributed by atoms with Crippen molar-refractivity contribution in [3.05, 3.63) is 27.5 Å². The largest absolute Gasteiger partial charge is 0.335 e. The zero-order chi connectivity index (χ0) is 9.35. The summed E-state index contributed by atoms with van der Waals surface area (Å²) >= 11 is 5.38. The molecule has 0 aromatic carbocycles. The van der Waals surface area contributed by atoms with Crippen molar-refractivity contribution in [3.8, 4) is 0 Å². The molecule has 0 fully saturated rings. The summed E-state index contributed by atoms with van der Waals surface area (Å²) < 4.78 is 21.3. The molecule has 1 aromatic heterocycles. The SMILES string of the molecule is O=c1cc(Cl)[nH]c(S(=O)(=O)Cl)c1. The van der Waals surface area contributed by atoms with E-state index in [2.05, 4.69) is 4.98 Å². The maximum Gasteiger partial charge on any atom is 0.276 e. The normalized spacial score (nSPS) is 11.5. The summed E-state index contributed by atoms with van der Waals surface area (Å²) in [7, 11) is 1.03. The molecule has 0 aliphatic carbocycles. The van der Waals surface area contributed by atoms with Gasteiger partial charge in [-0.2, -0.15) is 0 Å². The van der Waals surface area contributed by atoms with Crippen molar-refractivity contribution in [1.82, 2.24) is 4.98 Å². The third kappa shape index (κ3) is 2.23. The minimum absolute atomic E-state index is 0.0678. The molecule has 0 aliphatic heterocycles. The van der Waals surface area contributed by atoms with E-state index in [4.69, 9.17) is 22.3 Å². The monoisotopic (exact) mass is 227 g/mol. The average Bonchev–Trinajstić information content (AvgIpc) is 1.82. The minimum atomic E-state index is -3.92. The Hall–Kier alpha value is -0.520. The lowest BCUT2D eigenvalue weighted by Gasteiger charge is -1.95. The van der Waals surface area contributed by atoms with Crippen molar-refractivity contribution in [2.45, 2.75) is 5.03 Å². The van der Waals surface area contributed by atoms with Crippen LogP contribution in [0.15, 0.2) is 22.0 Å². The predicted octanol–water partition coefficient (Wildman–Crippen LogP) is 0.956. The summed E-state index contributed by atoms with van der Waals surface area (Å²) in [4.78, 5) is 13.0. The van der Waals surface area contributed by atoms with Crippen molar-refractivity contribution in [2.75, 3.05) is 0 Å². The van der Waals surface area contributed by atoms with Gasteiger partial charge in [0.2, 0.25) is 0 Å². The number of nitrogens with one attached hydrogen (secondary N) is 1. The molecule has 1 heterocycles. The zero-order valence-corrected chi connectivity index (χ0v) is 7.87. The van der Waals surface area contributed by atoms with E-state index in [1.807, 2.05) is 0 Å². The first-order valence-electron chi connectivity index (χ1n) is 2.74. The van der Waals surface area contributed by atoms with E-state index in [0.717, 1.165) is 12.1 Å². The van der Waals surface area contributed by atoms with Crippen molar-refractivity contribution in [1.29, 1.82) is 0 Å². The summed E-state index contributed by atoms with van der Waals surface area (Å²) in [5.74, 6) is 0. The number of rotatable bonds is 1. The Morgan fingerprint density at radius 2 is 1.92 bits per heavy atom. The van der Waals surface area contributed by atoms with Gasteiger partial charge in [0.1, 0.15) is 5.15 Å². The molecule has 1 N–H and O–H groups in total. The van der Waals surface area contributed by atoms with E-state index in [0.29, 0.717) is 0 Å². The van der Waals surface area contributed by atoms with Crippen molar-refractivity contribution in [3.63, 3.8) is 0 Å². The number of aromatic amines is 1. The van der Waals surface area contributed by atoms with Crippen LogP contribution in [0.1, 0.15) is 0 Å². The fourth-order valence-electron chi connectivity index (χ4n) is 0.617. The molecule has 0 saturated heterocycles. The van der Waals surface area contributed by atoms with E-state index >= 15 is 0 Å². The van der Waals surface area contributed by atoms with Crippen LogP contribution in [-0.2, 0) is 9.05 Å². The molecule has 12 heavy (non-hydrogen) atoms. The second-order valence-corrected chi connectivity index (χ2v) is 4.91. The van der Waals surface area contributed by atoms with E-state index in [9.17, 15) is 13.2 Å². The van der Waals surface area contributed by atoms with Crippen LogP contribution in [-0.4, -0.2) is 13.4 Å². The van der Waals surface area contributed by atoms with Gasteiger partial charge in [-0.25, -0.2) is 8.42 Å². The standard InChI is InChI=1S/C5H3Cl2NO3S/c6-4-1-3(9)2-5(8-4)12(7,10)11/h1-2H,(H,8,9). The highest BCUT2D eigenvalue weighted by atomic mass is 35.7. The van der Waals surface area contributed by atoms with Gasteiger partial charge >= 0.3 is 0 Å². The maximum atomic E-state index is 10.7. The van der Waals surface area contributed by atoms with Gasteiger partial charge < -0.3 is 4.98 Å². The molecule has 4 nitrogen and oxygen atoms in total. The van der Waals surface area contributed by atoms with Gasteiger partial charge in [-0.05, 0) is 0 Å². The highest BCUT2D eigenvalue weighted by Gasteiger charge is 2.11. The van der Waals surface area contributed by atoms with Crippen molar-refractivity contribution >= 4 is 31.3 Å². The molecule has 7 heteroatoms. The lowest BCUT2D eigenvalue weighted by atomic mass is 10.5. The number of H-pyrrole nitrogens is 1. The Kier molecular flexibility index (Phi) is 2.46. The first kappa shape index (κ1) is 9.57. The number of hydrogen-bond acceptors (Lipinski definition) is 3. The quantitative estimate of drug-likeness (QED) is 0.574. The van der Waals surface area contributed by atoms with Crippen molar-refractivity contribution < 1.29 is 8.42 Å². The van der Waals surface area contributed by atoms with Crippen LogP contribution in [0.2, 0.25) is 5.15 Å². The van der Waals surface area contributed by atoms with Gasteiger partial charge in [0.05, 0.1) is 0 Å². The van der Waals surface area contributed by atoms with E-state index in [-0.39, 0.29) is 5.15 Å². The fourth-order valence-corrected chi connectivity index (χ4v) is 1.62. The Bertz CT molecular complexity index is 450. The highest BCUT2D eigenvalue weighted by molar-refractivity contribution is 8.13. The molecule has 0 aliphatic rings. The van der Waals surface area contributed by atoms with E-state index < -0.39 is 19.5 Å². The summed E-state index contributed by atoms with van der Waals surface area (Å²) in [5.41, 5.74) is -0.516. The third-order valence-electron chi connectivity index (χ3n) is 1.05. The molecule has 1 rings (SSSR count). The van der Waals surface area contributed by atoms with Crippen LogP contribution < -0.4 is 5.43 Å². The summed E-state index contributed by atoms with van der Waals surface area (Å²) in [6, 6.07) is 1.90.